The molecule has 0 aromatic heterocycles. The molecular formula is C14H26O4. The van der Waals surface area contributed by atoms with E-state index in [1.165, 1.54) is 0 Å². The van der Waals surface area contributed by atoms with Crippen LogP contribution >= 0.6 is 0 Å². The number of carbonyl (C=O) groups is 2. The van der Waals surface area contributed by atoms with Gasteiger partial charge in [-0.15, -0.1) is 0 Å². The SMILES string of the molecule is CC(C)(C)C(CC(=O)O)C(C)(C(=O)O)C(C)(C)C. The summed E-state index contributed by atoms with van der Waals surface area (Å²) >= 11 is 0. The van der Waals surface area contributed by atoms with E-state index in [-0.39, 0.29) is 6.42 Å². The summed E-state index contributed by atoms with van der Waals surface area (Å²) < 4.78 is 0. The summed E-state index contributed by atoms with van der Waals surface area (Å²) in [7, 11) is 0. The second kappa shape index (κ2) is 4.90. The predicted molar refractivity (Wildman–Crippen MR) is 70.4 cm³/mol. The van der Waals surface area contributed by atoms with Gasteiger partial charge in [-0.05, 0) is 23.7 Å². The van der Waals surface area contributed by atoms with E-state index in [1.54, 1.807) is 6.92 Å². The first-order valence-electron chi connectivity index (χ1n) is 6.19. The molecule has 106 valence electrons. The largest absolute Gasteiger partial charge is 0.481 e. The van der Waals surface area contributed by atoms with Crippen LogP contribution in [0.1, 0.15) is 54.9 Å². The molecule has 0 saturated carbocycles. The van der Waals surface area contributed by atoms with Crippen LogP contribution in [0.5, 0.6) is 0 Å². The fourth-order valence-electron chi connectivity index (χ4n) is 2.54. The van der Waals surface area contributed by atoms with E-state index in [1.807, 2.05) is 41.5 Å². The highest BCUT2D eigenvalue weighted by Gasteiger charge is 2.54. The maximum absolute atomic E-state index is 11.7. The van der Waals surface area contributed by atoms with Crippen molar-refractivity contribution in [2.75, 3.05) is 0 Å². The summed E-state index contributed by atoms with van der Waals surface area (Å²) in [6.07, 6.45) is -0.135. The molecule has 2 unspecified atom stereocenters. The van der Waals surface area contributed by atoms with E-state index in [4.69, 9.17) is 5.11 Å². The van der Waals surface area contributed by atoms with Gasteiger partial charge in [0.1, 0.15) is 0 Å². The second-order valence-corrected chi connectivity index (χ2v) is 7.27. The summed E-state index contributed by atoms with van der Waals surface area (Å²) in [5.41, 5.74) is -2.01. The Morgan fingerprint density at radius 1 is 0.944 bits per heavy atom. The Hall–Kier alpha value is -1.06. The van der Waals surface area contributed by atoms with Crippen LogP contribution in [-0.2, 0) is 9.59 Å². The molecule has 0 aromatic carbocycles. The average Bonchev–Trinajstić information content (AvgIpc) is 2.08. The number of rotatable bonds is 4. The molecule has 0 rings (SSSR count). The van der Waals surface area contributed by atoms with E-state index in [9.17, 15) is 14.7 Å². The van der Waals surface area contributed by atoms with Gasteiger partial charge >= 0.3 is 11.9 Å². The molecule has 0 aliphatic carbocycles. The van der Waals surface area contributed by atoms with Crippen LogP contribution in [0.15, 0.2) is 0 Å². The van der Waals surface area contributed by atoms with Gasteiger partial charge in [0, 0.05) is 6.42 Å². The number of hydrogen-bond donors (Lipinski definition) is 2. The minimum atomic E-state index is -1.09. The van der Waals surface area contributed by atoms with Crippen molar-refractivity contribution in [2.24, 2.45) is 22.2 Å². The zero-order valence-corrected chi connectivity index (χ0v) is 12.5. The van der Waals surface area contributed by atoms with Crippen LogP contribution < -0.4 is 0 Å². The van der Waals surface area contributed by atoms with Gasteiger partial charge in [-0.25, -0.2) is 0 Å². The highest BCUT2D eigenvalue weighted by Crippen LogP contribution is 2.52. The molecule has 0 aromatic rings. The Balaban J connectivity index is 5.81. The second-order valence-electron chi connectivity index (χ2n) is 7.27. The zero-order chi connectivity index (χ0) is 14.9. The predicted octanol–water partition coefficient (Wildman–Crippen LogP) is 3.26. The molecule has 0 spiro atoms. The minimum absolute atomic E-state index is 0.135. The topological polar surface area (TPSA) is 74.6 Å². The Bertz CT molecular complexity index is 333. The van der Waals surface area contributed by atoms with Crippen LogP contribution in [0, 0.1) is 22.2 Å². The van der Waals surface area contributed by atoms with Crippen LogP contribution in [-0.4, -0.2) is 22.2 Å². The Morgan fingerprint density at radius 2 is 1.33 bits per heavy atom. The fourth-order valence-corrected chi connectivity index (χ4v) is 2.54. The van der Waals surface area contributed by atoms with Crippen LogP contribution in [0.25, 0.3) is 0 Å². The van der Waals surface area contributed by atoms with Crippen molar-refractivity contribution in [2.45, 2.75) is 54.9 Å². The first-order valence-corrected chi connectivity index (χ1v) is 6.19. The molecule has 0 saturated heterocycles. The van der Waals surface area contributed by atoms with Crippen LogP contribution in [0.3, 0.4) is 0 Å². The highest BCUT2D eigenvalue weighted by molar-refractivity contribution is 5.77. The van der Waals surface area contributed by atoms with Gasteiger partial charge in [0.2, 0.25) is 0 Å². The summed E-state index contributed by atoms with van der Waals surface area (Å²) in [4.78, 5) is 22.8. The maximum Gasteiger partial charge on any atom is 0.310 e. The first-order chi connectivity index (χ1) is 7.74. The Labute approximate surface area is 109 Å². The first kappa shape index (κ1) is 16.9. The molecule has 0 aliphatic rings. The molecule has 0 fully saturated rings. The van der Waals surface area contributed by atoms with Gasteiger partial charge in [0.05, 0.1) is 5.41 Å². The molecule has 2 N–H and O–H groups in total. The van der Waals surface area contributed by atoms with Crippen molar-refractivity contribution in [1.82, 2.24) is 0 Å². The number of carboxylic acid groups (broad SMARTS) is 2. The van der Waals surface area contributed by atoms with E-state index in [0.717, 1.165) is 0 Å². The van der Waals surface area contributed by atoms with E-state index >= 15 is 0 Å². The lowest BCUT2D eigenvalue weighted by atomic mass is 9.54. The van der Waals surface area contributed by atoms with Crippen LogP contribution in [0.2, 0.25) is 0 Å². The smallest absolute Gasteiger partial charge is 0.310 e. The van der Waals surface area contributed by atoms with Gasteiger partial charge in [-0.1, -0.05) is 41.5 Å². The summed E-state index contributed by atoms with van der Waals surface area (Å²) in [6.45, 7) is 12.9. The highest BCUT2D eigenvalue weighted by atomic mass is 16.4. The van der Waals surface area contributed by atoms with Crippen molar-refractivity contribution >= 4 is 11.9 Å². The maximum atomic E-state index is 11.7. The molecule has 0 aliphatic heterocycles. The van der Waals surface area contributed by atoms with Gasteiger partial charge in [0.25, 0.3) is 0 Å². The Morgan fingerprint density at radius 3 is 1.50 bits per heavy atom. The fraction of sp³-hybridized carbons (Fsp3) is 0.857. The third kappa shape index (κ3) is 3.24. The Kier molecular flexibility index (Phi) is 4.61. The van der Waals surface area contributed by atoms with E-state index in [0.29, 0.717) is 0 Å². The number of hydrogen-bond acceptors (Lipinski definition) is 2. The lowest BCUT2D eigenvalue weighted by Crippen LogP contribution is -2.51. The lowest BCUT2D eigenvalue weighted by molar-refractivity contribution is -0.168. The summed E-state index contributed by atoms with van der Waals surface area (Å²) in [5.74, 6) is -2.33. The third-order valence-corrected chi connectivity index (χ3v) is 4.12. The standard InChI is InChI=1S/C14H26O4/c1-12(2,3)9(8-10(15)16)14(7,11(17)18)13(4,5)6/h9H,8H2,1-7H3,(H,15,16)(H,17,18). The van der Waals surface area contributed by atoms with Gasteiger partial charge in [0.15, 0.2) is 0 Å². The van der Waals surface area contributed by atoms with Crippen molar-refractivity contribution in [3.05, 3.63) is 0 Å². The van der Waals surface area contributed by atoms with Gasteiger partial charge in [-0.2, -0.15) is 0 Å². The normalized spacial score (nSPS) is 17.9. The van der Waals surface area contributed by atoms with Crippen LogP contribution in [0.4, 0.5) is 0 Å². The minimum Gasteiger partial charge on any atom is -0.481 e. The lowest BCUT2D eigenvalue weighted by Gasteiger charge is -2.49. The zero-order valence-electron chi connectivity index (χ0n) is 12.5. The third-order valence-electron chi connectivity index (χ3n) is 4.12. The summed E-state index contributed by atoms with van der Waals surface area (Å²) in [6, 6.07) is 0. The van der Waals surface area contributed by atoms with Gasteiger partial charge < -0.3 is 10.2 Å². The number of carboxylic acids is 2. The molecule has 18 heavy (non-hydrogen) atoms. The molecule has 0 heterocycles. The molecule has 0 radical (unpaired) electrons. The van der Waals surface area contributed by atoms with E-state index in [2.05, 4.69) is 0 Å². The summed E-state index contributed by atoms with van der Waals surface area (Å²) in [5, 5.41) is 18.7. The molecule has 2 atom stereocenters. The van der Waals surface area contributed by atoms with Gasteiger partial charge in [-0.3, -0.25) is 9.59 Å². The quantitative estimate of drug-likeness (QED) is 0.811. The van der Waals surface area contributed by atoms with Crippen molar-refractivity contribution in [1.29, 1.82) is 0 Å². The molecule has 4 nitrogen and oxygen atoms in total. The molecule has 0 amide bonds. The van der Waals surface area contributed by atoms with Crippen molar-refractivity contribution in [3.63, 3.8) is 0 Å². The molecule has 0 bridgehead atoms. The van der Waals surface area contributed by atoms with Crippen molar-refractivity contribution in [3.8, 4) is 0 Å². The monoisotopic (exact) mass is 258 g/mol. The average molecular weight is 258 g/mol. The molecule has 4 heteroatoms. The van der Waals surface area contributed by atoms with Crippen molar-refractivity contribution < 1.29 is 19.8 Å². The van der Waals surface area contributed by atoms with E-state index < -0.39 is 34.1 Å². The molecular weight excluding hydrogens is 232 g/mol. The number of aliphatic carboxylic acids is 2.